The van der Waals surface area contributed by atoms with Crippen molar-refractivity contribution < 1.29 is 23.9 Å². The molecule has 0 saturated heterocycles. The van der Waals surface area contributed by atoms with Gasteiger partial charge < -0.3 is 25.8 Å². The maximum Gasteiger partial charge on any atom is 0.413 e. The number of ether oxygens (including phenoxy) is 2. The normalized spacial score (nSPS) is 11.1. The van der Waals surface area contributed by atoms with Crippen molar-refractivity contribution in [3.63, 3.8) is 0 Å². The number of amides is 2. The van der Waals surface area contributed by atoms with Gasteiger partial charge in [0.25, 0.3) is 5.56 Å². The number of rotatable bonds is 11. The van der Waals surface area contributed by atoms with E-state index in [0.29, 0.717) is 16.8 Å². The summed E-state index contributed by atoms with van der Waals surface area (Å²) in [6, 6.07) is 20.5. The Kier molecular flexibility index (Phi) is 11.5. The maximum absolute atomic E-state index is 13.6. The molecule has 6 N–H and O–H groups in total. The fourth-order valence-corrected chi connectivity index (χ4v) is 4.46. The van der Waals surface area contributed by atoms with E-state index in [1.54, 1.807) is 57.2 Å². The van der Waals surface area contributed by atoms with Crippen LogP contribution in [0.4, 0.5) is 16.3 Å². The molecular weight excluding hydrogens is 626 g/mol. The molecule has 13 nitrogen and oxygen atoms in total. The molecule has 0 aliphatic carbocycles. The van der Waals surface area contributed by atoms with Crippen molar-refractivity contribution in [3.05, 3.63) is 106 Å². The van der Waals surface area contributed by atoms with E-state index in [4.69, 9.17) is 20.6 Å². The highest BCUT2D eigenvalue weighted by Gasteiger charge is 2.24. The first-order valence-corrected chi connectivity index (χ1v) is 15.6. The molecule has 0 radical (unpaired) electrons. The van der Waals surface area contributed by atoms with Crippen molar-refractivity contribution in [2.75, 3.05) is 11.1 Å². The zero-order valence-corrected chi connectivity index (χ0v) is 28.1. The first-order chi connectivity index (χ1) is 23.2. The third-order valence-electron chi connectivity index (χ3n) is 7.00. The molecule has 3 aromatic carbocycles. The van der Waals surface area contributed by atoms with Gasteiger partial charge in [-0.1, -0.05) is 54.6 Å². The van der Waals surface area contributed by atoms with Crippen molar-refractivity contribution in [1.82, 2.24) is 20.2 Å². The second kappa shape index (κ2) is 15.7. The van der Waals surface area contributed by atoms with Gasteiger partial charge in [-0.3, -0.25) is 29.7 Å². The molecule has 0 spiro atoms. The maximum atomic E-state index is 13.6. The van der Waals surface area contributed by atoms with Gasteiger partial charge in [-0.15, -0.1) is 0 Å². The van der Waals surface area contributed by atoms with Crippen LogP contribution in [0.5, 0.6) is 5.75 Å². The zero-order valence-electron chi connectivity index (χ0n) is 28.1. The Morgan fingerprint density at radius 2 is 1.67 bits per heavy atom. The Morgan fingerprint density at radius 3 is 2.33 bits per heavy atom. The predicted molar refractivity (Wildman–Crippen MR) is 187 cm³/mol. The third-order valence-corrected chi connectivity index (χ3v) is 7.00. The molecule has 13 heteroatoms. The van der Waals surface area contributed by atoms with Crippen LogP contribution in [0.25, 0.3) is 11.3 Å². The fraction of sp³-hybridized carbons (Fsp3) is 0.278. The Bertz CT molecular complexity index is 1880. The average Bonchev–Trinajstić information content (AvgIpc) is 3.04. The lowest BCUT2D eigenvalue weighted by Gasteiger charge is -2.18. The number of hydrogen-bond donors (Lipinski definition) is 5. The molecule has 0 aliphatic heterocycles. The number of amidine groups is 1. The summed E-state index contributed by atoms with van der Waals surface area (Å²) in [7, 11) is 0. The van der Waals surface area contributed by atoms with Crippen LogP contribution < -0.4 is 32.0 Å². The van der Waals surface area contributed by atoms with E-state index in [2.05, 4.69) is 20.9 Å². The smallest absolute Gasteiger partial charge is 0.413 e. The molecule has 0 bridgehead atoms. The second-order valence-electron chi connectivity index (χ2n) is 12.6. The molecule has 4 rings (SSSR count). The van der Waals surface area contributed by atoms with Crippen LogP contribution in [-0.2, 0) is 34.0 Å². The summed E-state index contributed by atoms with van der Waals surface area (Å²) in [6.45, 7) is 8.78. The van der Waals surface area contributed by atoms with Gasteiger partial charge in [-0.05, 0) is 57.9 Å². The minimum absolute atomic E-state index is 0.0745. The third kappa shape index (κ3) is 10.3. The number of benzene rings is 3. The average molecular weight is 668 g/mol. The molecule has 1 heterocycles. The highest BCUT2D eigenvalue weighted by Crippen LogP contribution is 2.29. The SMILES string of the molecule is CC(C)Nc1ncc(-c2cc(N)cc(OC(=O)C(C)(C)C)c2)n(CC(=O)NCc2ccc(C(=N)NC(=O)OCc3ccccc3)cc2)c1=O. The first-order valence-electron chi connectivity index (χ1n) is 15.6. The standard InChI is InChI=1S/C36H41N7O6/c1-22(2)41-32-33(45)43(29(19-40-32)26-15-27(37)17-28(16-26)49-34(46)36(3,4)5)20-30(44)39-18-23-11-13-25(14-12-23)31(38)42-35(47)48-21-24-9-7-6-8-10-24/h6-17,19,22H,18,20-21,37H2,1-5H3,(H,39,44)(H,40,41)(H2,38,42,47). The Morgan fingerprint density at radius 1 is 0.980 bits per heavy atom. The highest BCUT2D eigenvalue weighted by atomic mass is 16.5. The minimum atomic E-state index is -0.758. The molecule has 0 aliphatic rings. The largest absolute Gasteiger partial charge is 0.444 e. The van der Waals surface area contributed by atoms with Gasteiger partial charge >= 0.3 is 12.1 Å². The molecule has 4 aromatic rings. The Labute approximate surface area is 284 Å². The van der Waals surface area contributed by atoms with Gasteiger partial charge in [0.05, 0.1) is 17.3 Å². The van der Waals surface area contributed by atoms with E-state index in [-0.39, 0.29) is 48.8 Å². The number of esters is 1. The Hall–Kier alpha value is -5.98. The number of aromatic nitrogens is 2. The van der Waals surface area contributed by atoms with Crippen LogP contribution in [0, 0.1) is 10.8 Å². The van der Waals surface area contributed by atoms with Crippen LogP contribution >= 0.6 is 0 Å². The first kappa shape index (κ1) is 35.9. The van der Waals surface area contributed by atoms with Crippen LogP contribution in [0.15, 0.2) is 83.8 Å². The zero-order chi connectivity index (χ0) is 35.7. The summed E-state index contributed by atoms with van der Waals surface area (Å²) in [5.74, 6) is -0.781. The van der Waals surface area contributed by atoms with E-state index < -0.39 is 28.9 Å². The van der Waals surface area contributed by atoms with E-state index in [9.17, 15) is 19.2 Å². The number of nitrogens with one attached hydrogen (secondary N) is 4. The number of nitrogens with zero attached hydrogens (tertiary/aromatic N) is 2. The van der Waals surface area contributed by atoms with Crippen LogP contribution in [0.2, 0.25) is 0 Å². The molecule has 0 unspecified atom stereocenters. The summed E-state index contributed by atoms with van der Waals surface area (Å²) in [4.78, 5) is 55.7. The van der Waals surface area contributed by atoms with Crippen molar-refractivity contribution in [2.45, 2.75) is 60.4 Å². The molecule has 49 heavy (non-hydrogen) atoms. The van der Waals surface area contributed by atoms with Crippen LogP contribution in [0.1, 0.15) is 51.3 Å². The lowest BCUT2D eigenvalue weighted by atomic mass is 9.97. The summed E-state index contributed by atoms with van der Waals surface area (Å²) < 4.78 is 12.0. The number of hydrogen-bond acceptors (Lipinski definition) is 10. The van der Waals surface area contributed by atoms with Crippen molar-refractivity contribution in [3.8, 4) is 17.0 Å². The van der Waals surface area contributed by atoms with E-state index >= 15 is 0 Å². The van der Waals surface area contributed by atoms with Gasteiger partial charge in [0, 0.05) is 35.5 Å². The quantitative estimate of drug-likeness (QED) is 0.0490. The van der Waals surface area contributed by atoms with Gasteiger partial charge in [-0.25, -0.2) is 9.78 Å². The monoisotopic (exact) mass is 667 g/mol. The minimum Gasteiger partial charge on any atom is -0.444 e. The van der Waals surface area contributed by atoms with E-state index in [0.717, 1.165) is 11.1 Å². The van der Waals surface area contributed by atoms with Crippen molar-refractivity contribution in [2.24, 2.45) is 5.41 Å². The van der Waals surface area contributed by atoms with Gasteiger partial charge in [0.15, 0.2) is 5.82 Å². The molecule has 1 aromatic heterocycles. The van der Waals surface area contributed by atoms with Crippen molar-refractivity contribution in [1.29, 1.82) is 5.41 Å². The van der Waals surface area contributed by atoms with Gasteiger partial charge in [-0.2, -0.15) is 0 Å². The highest BCUT2D eigenvalue weighted by molar-refractivity contribution is 6.04. The van der Waals surface area contributed by atoms with Gasteiger partial charge in [0.2, 0.25) is 5.91 Å². The summed E-state index contributed by atoms with van der Waals surface area (Å²) in [5.41, 5.74) is 7.87. The van der Waals surface area contributed by atoms with Crippen molar-refractivity contribution >= 4 is 35.3 Å². The van der Waals surface area contributed by atoms with Crippen LogP contribution in [-0.4, -0.2) is 39.4 Å². The van der Waals surface area contributed by atoms with Crippen LogP contribution in [0.3, 0.4) is 0 Å². The number of nitrogen functional groups attached to an aromatic ring is 1. The molecule has 256 valence electrons. The molecule has 0 atom stereocenters. The molecular formula is C36H41N7O6. The van der Waals surface area contributed by atoms with E-state index in [1.807, 2.05) is 44.2 Å². The number of anilines is 2. The molecule has 2 amide bonds. The summed E-state index contributed by atoms with van der Waals surface area (Å²) in [5, 5.41) is 16.4. The Balaban J connectivity index is 1.45. The van der Waals surface area contributed by atoms with E-state index in [1.165, 1.54) is 16.8 Å². The number of nitrogens with two attached hydrogens (primary N) is 1. The van der Waals surface area contributed by atoms with Gasteiger partial charge in [0.1, 0.15) is 24.7 Å². The number of carbonyl (C=O) groups is 3. The summed E-state index contributed by atoms with van der Waals surface area (Å²) in [6.07, 6.45) is 0.714. The fourth-order valence-electron chi connectivity index (χ4n) is 4.46. The second-order valence-corrected chi connectivity index (χ2v) is 12.6. The topological polar surface area (TPSA) is 191 Å². The molecule has 0 fully saturated rings. The number of carbonyl (C=O) groups excluding carboxylic acids is 3. The lowest BCUT2D eigenvalue weighted by molar-refractivity contribution is -0.143. The summed E-state index contributed by atoms with van der Waals surface area (Å²) >= 11 is 0. The molecule has 0 saturated carbocycles. The lowest BCUT2D eigenvalue weighted by Crippen LogP contribution is -2.35. The number of alkyl carbamates (subject to hydrolysis) is 1. The predicted octanol–water partition coefficient (Wildman–Crippen LogP) is 4.83.